The average Bonchev–Trinajstić information content (AvgIpc) is 2.53. The minimum absolute atomic E-state index is 0.274. The second-order valence-electron chi connectivity index (χ2n) is 5.91. The summed E-state index contributed by atoms with van der Waals surface area (Å²) < 4.78 is 10.5. The first kappa shape index (κ1) is 18.7. The summed E-state index contributed by atoms with van der Waals surface area (Å²) in [5, 5.41) is 10.1. The van der Waals surface area contributed by atoms with E-state index >= 15 is 0 Å². The molecule has 0 spiro atoms. The Morgan fingerprint density at radius 1 is 0.818 bits per heavy atom. The number of hydrogen-bond donors (Lipinski definition) is 1. The van der Waals surface area contributed by atoms with Gasteiger partial charge in [-0.1, -0.05) is 58.3 Å². The zero-order valence-electron chi connectivity index (χ0n) is 14.5. The highest BCUT2D eigenvalue weighted by Crippen LogP contribution is 2.34. The molecule has 126 valence electrons. The molecule has 0 bridgehead atoms. The predicted molar refractivity (Wildman–Crippen MR) is 92.1 cm³/mol. The Labute approximate surface area is 135 Å². The van der Waals surface area contributed by atoms with Crippen LogP contribution in [0.25, 0.3) is 0 Å². The van der Waals surface area contributed by atoms with E-state index in [9.17, 15) is 5.11 Å². The van der Waals surface area contributed by atoms with E-state index in [4.69, 9.17) is 9.47 Å². The molecule has 3 nitrogen and oxygen atoms in total. The molecule has 3 heteroatoms. The first-order valence-electron chi connectivity index (χ1n) is 8.66. The van der Waals surface area contributed by atoms with E-state index in [1.54, 1.807) is 20.3 Å². The molecule has 0 heterocycles. The van der Waals surface area contributed by atoms with Gasteiger partial charge < -0.3 is 14.6 Å². The van der Waals surface area contributed by atoms with Gasteiger partial charge in [0.1, 0.15) is 17.2 Å². The summed E-state index contributed by atoms with van der Waals surface area (Å²) in [6.07, 6.45) is 12.6. The van der Waals surface area contributed by atoms with Crippen LogP contribution in [0.3, 0.4) is 0 Å². The molecule has 1 N–H and O–H groups in total. The molecule has 1 aromatic rings. The van der Waals surface area contributed by atoms with Crippen molar-refractivity contribution in [2.45, 2.75) is 71.1 Å². The van der Waals surface area contributed by atoms with E-state index in [0.717, 1.165) is 24.2 Å². The molecular formula is C19H32O3. The molecule has 0 aliphatic heterocycles. The third-order valence-corrected chi connectivity index (χ3v) is 4.14. The highest BCUT2D eigenvalue weighted by atomic mass is 16.5. The van der Waals surface area contributed by atoms with Gasteiger partial charge in [-0.05, 0) is 12.8 Å². The van der Waals surface area contributed by atoms with E-state index in [0.29, 0.717) is 5.75 Å². The van der Waals surface area contributed by atoms with Gasteiger partial charge in [-0.2, -0.15) is 0 Å². The van der Waals surface area contributed by atoms with Crippen molar-refractivity contribution in [2.75, 3.05) is 14.2 Å². The number of aromatic hydroxyl groups is 1. The Morgan fingerprint density at radius 3 is 1.95 bits per heavy atom. The molecule has 0 aromatic heterocycles. The molecule has 0 unspecified atom stereocenters. The SMILES string of the molecule is CCCCCCCCCCCc1c(O)cc(OC)cc1OC. The zero-order valence-corrected chi connectivity index (χ0v) is 14.5. The normalized spacial score (nSPS) is 10.7. The number of methoxy groups -OCH3 is 2. The molecule has 0 saturated carbocycles. The lowest BCUT2D eigenvalue weighted by Gasteiger charge is -2.12. The summed E-state index contributed by atoms with van der Waals surface area (Å²) in [4.78, 5) is 0. The molecular weight excluding hydrogens is 276 g/mol. The maximum Gasteiger partial charge on any atom is 0.129 e. The van der Waals surface area contributed by atoms with Gasteiger partial charge in [0, 0.05) is 17.7 Å². The van der Waals surface area contributed by atoms with Gasteiger partial charge >= 0.3 is 0 Å². The Balaban J connectivity index is 2.27. The van der Waals surface area contributed by atoms with Crippen LogP contribution in [0.4, 0.5) is 0 Å². The zero-order chi connectivity index (χ0) is 16.2. The Hall–Kier alpha value is -1.38. The average molecular weight is 308 g/mol. The molecule has 1 rings (SSSR count). The molecule has 0 fully saturated rings. The summed E-state index contributed by atoms with van der Waals surface area (Å²) in [6, 6.07) is 3.49. The second kappa shape index (κ2) is 11.2. The number of rotatable bonds is 12. The van der Waals surface area contributed by atoms with E-state index in [1.165, 1.54) is 51.4 Å². The molecule has 0 saturated heterocycles. The van der Waals surface area contributed by atoms with Crippen molar-refractivity contribution in [1.82, 2.24) is 0 Å². The van der Waals surface area contributed by atoms with E-state index in [-0.39, 0.29) is 5.75 Å². The fourth-order valence-corrected chi connectivity index (χ4v) is 2.77. The first-order chi connectivity index (χ1) is 10.7. The first-order valence-corrected chi connectivity index (χ1v) is 8.66. The summed E-state index contributed by atoms with van der Waals surface area (Å²) in [5.41, 5.74) is 0.895. The van der Waals surface area contributed by atoms with Crippen LogP contribution in [-0.2, 0) is 6.42 Å². The van der Waals surface area contributed by atoms with Gasteiger partial charge in [-0.25, -0.2) is 0 Å². The van der Waals surface area contributed by atoms with Crippen molar-refractivity contribution in [3.8, 4) is 17.2 Å². The van der Waals surface area contributed by atoms with Crippen molar-refractivity contribution in [2.24, 2.45) is 0 Å². The lowest BCUT2D eigenvalue weighted by Crippen LogP contribution is -1.95. The second-order valence-corrected chi connectivity index (χ2v) is 5.91. The number of phenolic OH excluding ortho intramolecular Hbond substituents is 1. The highest BCUT2D eigenvalue weighted by Gasteiger charge is 2.11. The summed E-state index contributed by atoms with van der Waals surface area (Å²) >= 11 is 0. The van der Waals surface area contributed by atoms with Crippen LogP contribution < -0.4 is 9.47 Å². The van der Waals surface area contributed by atoms with Gasteiger partial charge in [-0.15, -0.1) is 0 Å². The molecule has 0 aliphatic carbocycles. The number of hydrogen-bond acceptors (Lipinski definition) is 3. The number of phenols is 1. The van der Waals surface area contributed by atoms with Crippen molar-refractivity contribution < 1.29 is 14.6 Å². The number of unbranched alkanes of at least 4 members (excludes halogenated alkanes) is 8. The van der Waals surface area contributed by atoms with Crippen LogP contribution in [0.1, 0.15) is 70.3 Å². The van der Waals surface area contributed by atoms with Crippen LogP contribution in [0, 0.1) is 0 Å². The monoisotopic (exact) mass is 308 g/mol. The van der Waals surface area contributed by atoms with Gasteiger partial charge in [0.15, 0.2) is 0 Å². The lowest BCUT2D eigenvalue weighted by molar-refractivity contribution is 0.378. The van der Waals surface area contributed by atoms with Gasteiger partial charge in [0.25, 0.3) is 0 Å². The van der Waals surface area contributed by atoms with Gasteiger partial charge in [0.05, 0.1) is 14.2 Å². The van der Waals surface area contributed by atoms with Crippen molar-refractivity contribution in [3.05, 3.63) is 17.7 Å². The standard InChI is InChI=1S/C19H32O3/c1-4-5-6-7-8-9-10-11-12-13-17-18(20)14-16(21-2)15-19(17)22-3/h14-15,20H,4-13H2,1-3H3. The predicted octanol–water partition coefficient (Wildman–Crippen LogP) is 5.48. The fourth-order valence-electron chi connectivity index (χ4n) is 2.77. The smallest absolute Gasteiger partial charge is 0.129 e. The van der Waals surface area contributed by atoms with Crippen molar-refractivity contribution >= 4 is 0 Å². The Bertz CT molecular complexity index is 415. The van der Waals surface area contributed by atoms with E-state index < -0.39 is 0 Å². The van der Waals surface area contributed by atoms with E-state index in [2.05, 4.69) is 6.92 Å². The number of ether oxygens (including phenoxy) is 2. The Morgan fingerprint density at radius 2 is 1.41 bits per heavy atom. The molecule has 22 heavy (non-hydrogen) atoms. The molecule has 0 amide bonds. The maximum absolute atomic E-state index is 10.1. The van der Waals surface area contributed by atoms with Crippen LogP contribution in [0.15, 0.2) is 12.1 Å². The minimum Gasteiger partial charge on any atom is -0.507 e. The quantitative estimate of drug-likeness (QED) is 0.519. The molecule has 0 aliphatic rings. The topological polar surface area (TPSA) is 38.7 Å². The lowest BCUT2D eigenvalue weighted by atomic mass is 10.0. The van der Waals surface area contributed by atoms with Crippen molar-refractivity contribution in [3.63, 3.8) is 0 Å². The van der Waals surface area contributed by atoms with Crippen molar-refractivity contribution in [1.29, 1.82) is 0 Å². The summed E-state index contributed by atoms with van der Waals surface area (Å²) in [6.45, 7) is 2.25. The fraction of sp³-hybridized carbons (Fsp3) is 0.684. The van der Waals surface area contributed by atoms with Crippen LogP contribution in [-0.4, -0.2) is 19.3 Å². The van der Waals surface area contributed by atoms with Crippen LogP contribution in [0.5, 0.6) is 17.2 Å². The molecule has 0 atom stereocenters. The summed E-state index contributed by atoms with van der Waals surface area (Å²) in [5.74, 6) is 1.62. The maximum atomic E-state index is 10.1. The highest BCUT2D eigenvalue weighted by molar-refractivity contribution is 5.49. The van der Waals surface area contributed by atoms with Crippen LogP contribution in [0.2, 0.25) is 0 Å². The van der Waals surface area contributed by atoms with E-state index in [1.807, 2.05) is 6.07 Å². The molecule has 0 radical (unpaired) electrons. The third kappa shape index (κ3) is 6.59. The minimum atomic E-state index is 0.274. The van der Waals surface area contributed by atoms with Gasteiger partial charge in [-0.3, -0.25) is 0 Å². The third-order valence-electron chi connectivity index (χ3n) is 4.14. The number of benzene rings is 1. The Kier molecular flexibility index (Phi) is 9.52. The molecule has 1 aromatic carbocycles. The van der Waals surface area contributed by atoms with Gasteiger partial charge in [0.2, 0.25) is 0 Å². The summed E-state index contributed by atoms with van der Waals surface area (Å²) in [7, 11) is 3.22. The largest absolute Gasteiger partial charge is 0.507 e. The van der Waals surface area contributed by atoms with Crippen LogP contribution >= 0.6 is 0 Å².